The number of hydrogen-bond acceptors (Lipinski definition) is 2. The van der Waals surface area contributed by atoms with Gasteiger partial charge in [0.05, 0.1) is 0 Å². The standard InChI is InChI=1S/C4H7N3O/c1-7(2)4(8)6-3-5/h1-2H3,(H,6,8). The van der Waals surface area contributed by atoms with Crippen LogP contribution in [0, 0.1) is 11.5 Å². The molecule has 0 atom stereocenters. The molecule has 0 saturated carbocycles. The zero-order valence-electron chi connectivity index (χ0n) is 4.80. The molecule has 0 aliphatic rings. The summed E-state index contributed by atoms with van der Waals surface area (Å²) < 4.78 is 0. The van der Waals surface area contributed by atoms with Crippen LogP contribution in [0.1, 0.15) is 0 Å². The second kappa shape index (κ2) is 2.86. The summed E-state index contributed by atoms with van der Waals surface area (Å²) in [6.07, 6.45) is 1.51. The van der Waals surface area contributed by atoms with Gasteiger partial charge in [-0.2, -0.15) is 5.26 Å². The molecule has 0 saturated heterocycles. The molecular weight excluding hydrogens is 106 g/mol. The molecule has 8 heavy (non-hydrogen) atoms. The van der Waals surface area contributed by atoms with Crippen LogP contribution in [0.2, 0.25) is 0 Å². The first-order valence-corrected chi connectivity index (χ1v) is 2.05. The maximum absolute atomic E-state index is 10.3. The Kier molecular flexibility index (Phi) is 2.41. The average molecular weight is 113 g/mol. The third-order valence-electron chi connectivity index (χ3n) is 0.569. The Morgan fingerprint density at radius 2 is 2.25 bits per heavy atom. The molecule has 0 aliphatic heterocycles. The van der Waals surface area contributed by atoms with Gasteiger partial charge < -0.3 is 4.90 Å². The van der Waals surface area contributed by atoms with Crippen molar-refractivity contribution in [3.05, 3.63) is 0 Å². The fourth-order valence-corrected chi connectivity index (χ4v) is 0.160. The van der Waals surface area contributed by atoms with Crippen molar-refractivity contribution in [1.29, 1.82) is 5.26 Å². The first kappa shape index (κ1) is 6.76. The number of nitrogens with one attached hydrogen (secondary N) is 1. The summed E-state index contributed by atoms with van der Waals surface area (Å²) in [5.41, 5.74) is 0. The van der Waals surface area contributed by atoms with E-state index in [-0.39, 0.29) is 0 Å². The molecule has 0 unspecified atom stereocenters. The van der Waals surface area contributed by atoms with Crippen molar-refractivity contribution < 1.29 is 4.79 Å². The smallest absolute Gasteiger partial charge is 0.330 e. The van der Waals surface area contributed by atoms with E-state index in [0.717, 1.165) is 0 Å². The predicted octanol–water partition coefficient (Wildman–Crippen LogP) is -0.261. The van der Waals surface area contributed by atoms with Crippen LogP contribution in [0.3, 0.4) is 0 Å². The summed E-state index contributed by atoms with van der Waals surface area (Å²) in [6, 6.07) is -0.396. The van der Waals surface area contributed by atoms with Crippen LogP contribution >= 0.6 is 0 Å². The molecule has 4 nitrogen and oxygen atoms in total. The summed E-state index contributed by atoms with van der Waals surface area (Å²) in [7, 11) is 3.12. The Morgan fingerprint density at radius 3 is 2.38 bits per heavy atom. The lowest BCUT2D eigenvalue weighted by molar-refractivity contribution is 0.221. The molecular formula is C4H7N3O. The van der Waals surface area contributed by atoms with Crippen LogP contribution in [0.25, 0.3) is 0 Å². The van der Waals surface area contributed by atoms with Gasteiger partial charge in [-0.15, -0.1) is 0 Å². The van der Waals surface area contributed by atoms with Crippen molar-refractivity contribution in [2.75, 3.05) is 14.1 Å². The lowest BCUT2D eigenvalue weighted by Crippen LogP contribution is -2.30. The van der Waals surface area contributed by atoms with Crippen molar-refractivity contribution in [2.45, 2.75) is 0 Å². The van der Waals surface area contributed by atoms with Crippen LogP contribution in [0.4, 0.5) is 4.79 Å². The third-order valence-corrected chi connectivity index (χ3v) is 0.569. The van der Waals surface area contributed by atoms with Crippen LogP contribution < -0.4 is 5.32 Å². The van der Waals surface area contributed by atoms with Gasteiger partial charge in [0, 0.05) is 14.1 Å². The SMILES string of the molecule is CN(C)C(=O)NC#N. The molecule has 1 N–H and O–H groups in total. The van der Waals surface area contributed by atoms with E-state index >= 15 is 0 Å². The normalized spacial score (nSPS) is 7.12. The van der Waals surface area contributed by atoms with Gasteiger partial charge in [0.2, 0.25) is 0 Å². The van der Waals surface area contributed by atoms with Gasteiger partial charge in [0.25, 0.3) is 0 Å². The number of carbonyl (C=O) groups excluding carboxylic acids is 1. The highest BCUT2D eigenvalue weighted by Crippen LogP contribution is 1.71. The molecule has 0 bridgehead atoms. The van der Waals surface area contributed by atoms with Crippen molar-refractivity contribution in [3.8, 4) is 6.19 Å². The largest absolute Gasteiger partial charge is 0.330 e. The van der Waals surface area contributed by atoms with E-state index in [1.807, 2.05) is 5.32 Å². The van der Waals surface area contributed by atoms with Gasteiger partial charge in [0.1, 0.15) is 0 Å². The summed E-state index contributed by atoms with van der Waals surface area (Å²) >= 11 is 0. The van der Waals surface area contributed by atoms with E-state index in [2.05, 4.69) is 0 Å². The number of nitriles is 1. The van der Waals surface area contributed by atoms with E-state index in [0.29, 0.717) is 0 Å². The topological polar surface area (TPSA) is 56.1 Å². The first-order chi connectivity index (χ1) is 3.68. The minimum atomic E-state index is -0.396. The Hall–Kier alpha value is -1.24. The van der Waals surface area contributed by atoms with E-state index < -0.39 is 6.03 Å². The molecule has 44 valence electrons. The molecule has 0 aromatic carbocycles. The molecule has 0 aromatic heterocycles. The maximum Gasteiger partial charge on any atom is 0.330 e. The quantitative estimate of drug-likeness (QED) is 0.347. The van der Waals surface area contributed by atoms with Crippen molar-refractivity contribution in [1.82, 2.24) is 10.2 Å². The lowest BCUT2D eigenvalue weighted by Gasteiger charge is -2.05. The van der Waals surface area contributed by atoms with Gasteiger partial charge in [-0.3, -0.25) is 0 Å². The Labute approximate surface area is 47.7 Å². The number of amides is 2. The molecule has 0 fully saturated rings. The number of hydrogen-bond donors (Lipinski definition) is 1. The Balaban J connectivity index is 3.53. The summed E-state index contributed by atoms with van der Waals surface area (Å²) in [5.74, 6) is 0. The molecule has 0 heterocycles. The van der Waals surface area contributed by atoms with Gasteiger partial charge in [-0.1, -0.05) is 0 Å². The molecule has 0 radical (unpaired) electrons. The molecule has 2 amide bonds. The predicted molar refractivity (Wildman–Crippen MR) is 27.8 cm³/mol. The summed E-state index contributed by atoms with van der Waals surface area (Å²) in [4.78, 5) is 11.6. The van der Waals surface area contributed by atoms with E-state index in [4.69, 9.17) is 5.26 Å². The number of nitrogens with zero attached hydrogens (tertiary/aromatic N) is 2. The average Bonchev–Trinajstić information content (AvgIpc) is 1.67. The minimum Gasteiger partial charge on any atom is -0.330 e. The monoisotopic (exact) mass is 113 g/mol. The Bertz CT molecular complexity index is 124. The highest BCUT2D eigenvalue weighted by Gasteiger charge is 1.97. The highest BCUT2D eigenvalue weighted by molar-refractivity contribution is 5.74. The fraction of sp³-hybridized carbons (Fsp3) is 0.500. The van der Waals surface area contributed by atoms with E-state index in [1.54, 1.807) is 14.1 Å². The highest BCUT2D eigenvalue weighted by atomic mass is 16.2. The zero-order chi connectivity index (χ0) is 6.57. The van der Waals surface area contributed by atoms with E-state index in [9.17, 15) is 4.79 Å². The van der Waals surface area contributed by atoms with Gasteiger partial charge in [0.15, 0.2) is 6.19 Å². The summed E-state index contributed by atoms with van der Waals surface area (Å²) in [5, 5.41) is 9.81. The molecule has 4 heteroatoms. The lowest BCUT2D eigenvalue weighted by atomic mass is 10.8. The maximum atomic E-state index is 10.3. The zero-order valence-corrected chi connectivity index (χ0v) is 4.80. The van der Waals surface area contributed by atoms with Gasteiger partial charge in [-0.05, 0) is 0 Å². The Morgan fingerprint density at radius 1 is 1.75 bits per heavy atom. The molecule has 0 rings (SSSR count). The summed E-state index contributed by atoms with van der Waals surface area (Å²) in [6.45, 7) is 0. The number of rotatable bonds is 0. The van der Waals surface area contributed by atoms with Crippen LogP contribution in [-0.2, 0) is 0 Å². The van der Waals surface area contributed by atoms with Gasteiger partial charge in [-0.25, -0.2) is 10.1 Å². The number of carbonyl (C=O) groups is 1. The van der Waals surface area contributed by atoms with Crippen molar-refractivity contribution in [2.24, 2.45) is 0 Å². The minimum absolute atomic E-state index is 0.396. The van der Waals surface area contributed by atoms with Crippen molar-refractivity contribution in [3.63, 3.8) is 0 Å². The van der Waals surface area contributed by atoms with Gasteiger partial charge >= 0.3 is 6.03 Å². The number of urea groups is 1. The second-order valence-electron chi connectivity index (χ2n) is 1.44. The van der Waals surface area contributed by atoms with Crippen LogP contribution in [0.15, 0.2) is 0 Å². The van der Waals surface area contributed by atoms with Crippen molar-refractivity contribution >= 4 is 6.03 Å². The molecule has 0 spiro atoms. The third kappa shape index (κ3) is 2.03. The first-order valence-electron chi connectivity index (χ1n) is 2.05. The van der Waals surface area contributed by atoms with Crippen LogP contribution in [-0.4, -0.2) is 25.0 Å². The molecule has 0 aromatic rings. The molecule has 0 aliphatic carbocycles. The second-order valence-corrected chi connectivity index (χ2v) is 1.44. The van der Waals surface area contributed by atoms with E-state index in [1.165, 1.54) is 11.1 Å². The van der Waals surface area contributed by atoms with Crippen LogP contribution in [0.5, 0.6) is 0 Å². The fourth-order valence-electron chi connectivity index (χ4n) is 0.160.